The maximum Gasteiger partial charge on any atom is 0.323 e. The molecule has 0 bridgehead atoms. The fourth-order valence-corrected chi connectivity index (χ4v) is 3.67. The fourth-order valence-electron chi connectivity index (χ4n) is 3.50. The molecule has 1 aromatic heterocycles. The van der Waals surface area contributed by atoms with E-state index in [9.17, 15) is 4.79 Å². The summed E-state index contributed by atoms with van der Waals surface area (Å²) in [4.78, 5) is 17.0. The van der Waals surface area contributed by atoms with Crippen LogP contribution in [-0.4, -0.2) is 61.5 Å². The number of methoxy groups -OCH3 is 1. The Bertz CT molecular complexity index is 1080. The summed E-state index contributed by atoms with van der Waals surface area (Å²) < 4.78 is 5.26. The largest absolute Gasteiger partial charge is 0.495 e. The number of piperazine rings is 1. The standard InChI is InChI=1S/C23H25ClN6O2/c1-29-10-12-30(13-11-29)22-9-7-19(27-28-22)16-4-3-5-18(14-16)25-23(31)26-20-15-17(24)6-8-21(20)32-2/h3-9,14-15H,10-13H2,1-2H3,(H2,25,26,31). The molecule has 1 aliphatic heterocycles. The highest BCUT2D eigenvalue weighted by molar-refractivity contribution is 6.31. The molecule has 0 radical (unpaired) electrons. The van der Waals surface area contributed by atoms with Gasteiger partial charge in [-0.1, -0.05) is 23.7 Å². The van der Waals surface area contributed by atoms with Crippen molar-refractivity contribution in [3.05, 3.63) is 59.6 Å². The molecule has 0 spiro atoms. The van der Waals surface area contributed by atoms with Crippen LogP contribution in [0.1, 0.15) is 0 Å². The van der Waals surface area contributed by atoms with Crippen molar-refractivity contribution in [1.82, 2.24) is 15.1 Å². The Morgan fingerprint density at radius 1 is 1.00 bits per heavy atom. The number of carbonyl (C=O) groups is 1. The van der Waals surface area contributed by atoms with Gasteiger partial charge in [0.1, 0.15) is 5.75 Å². The van der Waals surface area contributed by atoms with Crippen molar-refractivity contribution >= 4 is 34.8 Å². The van der Waals surface area contributed by atoms with Gasteiger partial charge in [-0.3, -0.25) is 0 Å². The van der Waals surface area contributed by atoms with Crippen molar-refractivity contribution < 1.29 is 9.53 Å². The van der Waals surface area contributed by atoms with Crippen LogP contribution in [0.15, 0.2) is 54.6 Å². The summed E-state index contributed by atoms with van der Waals surface area (Å²) in [5.41, 5.74) is 2.72. The van der Waals surface area contributed by atoms with Crippen LogP contribution in [0, 0.1) is 0 Å². The van der Waals surface area contributed by atoms with E-state index in [0.717, 1.165) is 43.3 Å². The summed E-state index contributed by atoms with van der Waals surface area (Å²) in [6, 6.07) is 16.0. The molecule has 0 saturated carbocycles. The normalized spacial score (nSPS) is 14.2. The number of hydrogen-bond donors (Lipinski definition) is 2. The number of aromatic nitrogens is 2. The summed E-state index contributed by atoms with van der Waals surface area (Å²) in [5.74, 6) is 1.40. The van der Waals surface area contributed by atoms with E-state index >= 15 is 0 Å². The van der Waals surface area contributed by atoms with Crippen LogP contribution in [0.3, 0.4) is 0 Å². The molecule has 2 amide bonds. The van der Waals surface area contributed by atoms with Gasteiger partial charge in [0.05, 0.1) is 18.5 Å². The lowest BCUT2D eigenvalue weighted by atomic mass is 10.1. The van der Waals surface area contributed by atoms with Gasteiger partial charge in [-0.25, -0.2) is 4.79 Å². The van der Waals surface area contributed by atoms with Gasteiger partial charge in [0.2, 0.25) is 0 Å². The number of anilines is 3. The number of carbonyl (C=O) groups excluding carboxylic acids is 1. The number of rotatable bonds is 5. The maximum atomic E-state index is 12.5. The number of nitrogens with one attached hydrogen (secondary N) is 2. The van der Waals surface area contributed by atoms with Gasteiger partial charge in [-0.2, -0.15) is 0 Å². The van der Waals surface area contributed by atoms with Gasteiger partial charge in [-0.15, -0.1) is 10.2 Å². The molecule has 1 fully saturated rings. The van der Waals surface area contributed by atoms with Crippen LogP contribution in [0.2, 0.25) is 5.02 Å². The molecule has 32 heavy (non-hydrogen) atoms. The minimum Gasteiger partial charge on any atom is -0.495 e. The maximum absolute atomic E-state index is 12.5. The van der Waals surface area contributed by atoms with Crippen molar-refractivity contribution in [3.8, 4) is 17.0 Å². The van der Waals surface area contributed by atoms with Crippen molar-refractivity contribution in [2.75, 3.05) is 55.9 Å². The molecule has 166 valence electrons. The van der Waals surface area contributed by atoms with Crippen LogP contribution in [0.4, 0.5) is 22.0 Å². The molecule has 2 aromatic carbocycles. The quantitative estimate of drug-likeness (QED) is 0.603. The lowest BCUT2D eigenvalue weighted by Gasteiger charge is -2.32. The van der Waals surface area contributed by atoms with E-state index in [-0.39, 0.29) is 0 Å². The highest BCUT2D eigenvalue weighted by Crippen LogP contribution is 2.28. The first-order chi connectivity index (χ1) is 15.5. The zero-order valence-electron chi connectivity index (χ0n) is 18.0. The Labute approximate surface area is 192 Å². The van der Waals surface area contributed by atoms with E-state index in [1.165, 1.54) is 7.11 Å². The van der Waals surface area contributed by atoms with Crippen LogP contribution >= 0.6 is 11.6 Å². The second kappa shape index (κ2) is 9.84. The number of halogens is 1. The molecule has 2 N–H and O–H groups in total. The highest BCUT2D eigenvalue weighted by Gasteiger charge is 2.16. The van der Waals surface area contributed by atoms with Crippen molar-refractivity contribution in [3.63, 3.8) is 0 Å². The van der Waals surface area contributed by atoms with E-state index in [1.54, 1.807) is 18.2 Å². The van der Waals surface area contributed by atoms with E-state index in [1.807, 2.05) is 36.4 Å². The van der Waals surface area contributed by atoms with Gasteiger partial charge >= 0.3 is 6.03 Å². The molecule has 0 atom stereocenters. The fraction of sp³-hybridized carbons (Fsp3) is 0.261. The van der Waals surface area contributed by atoms with Crippen molar-refractivity contribution in [2.45, 2.75) is 0 Å². The number of urea groups is 1. The van der Waals surface area contributed by atoms with Crippen LogP contribution in [-0.2, 0) is 0 Å². The summed E-state index contributed by atoms with van der Waals surface area (Å²) in [6.07, 6.45) is 0. The minimum absolute atomic E-state index is 0.404. The van der Waals surface area contributed by atoms with Crippen LogP contribution < -0.4 is 20.3 Å². The first-order valence-electron chi connectivity index (χ1n) is 10.3. The third-order valence-electron chi connectivity index (χ3n) is 5.30. The molecular formula is C23H25ClN6O2. The second-order valence-electron chi connectivity index (χ2n) is 7.57. The third-order valence-corrected chi connectivity index (χ3v) is 5.54. The number of nitrogens with zero attached hydrogens (tertiary/aromatic N) is 4. The molecule has 8 nitrogen and oxygen atoms in total. The summed E-state index contributed by atoms with van der Waals surface area (Å²) in [7, 11) is 3.66. The number of benzene rings is 2. The molecular weight excluding hydrogens is 428 g/mol. The van der Waals surface area contributed by atoms with E-state index < -0.39 is 6.03 Å². The zero-order chi connectivity index (χ0) is 22.5. The molecule has 4 rings (SSSR count). The SMILES string of the molecule is COc1ccc(Cl)cc1NC(=O)Nc1cccc(-c2ccc(N3CCN(C)CC3)nn2)c1. The zero-order valence-corrected chi connectivity index (χ0v) is 18.8. The van der Waals surface area contributed by atoms with Gasteiger partial charge in [0, 0.05) is 42.5 Å². The lowest BCUT2D eigenvalue weighted by molar-refractivity contribution is 0.262. The second-order valence-corrected chi connectivity index (χ2v) is 8.01. The average Bonchev–Trinajstić information content (AvgIpc) is 2.80. The predicted octanol–water partition coefficient (Wildman–Crippen LogP) is 4.20. The van der Waals surface area contributed by atoms with E-state index in [2.05, 4.69) is 37.7 Å². The average molecular weight is 453 g/mol. The Morgan fingerprint density at radius 3 is 2.53 bits per heavy atom. The molecule has 0 unspecified atom stereocenters. The Kier molecular flexibility index (Phi) is 6.72. The molecule has 1 saturated heterocycles. The van der Waals surface area contributed by atoms with E-state index in [0.29, 0.717) is 22.1 Å². The van der Waals surface area contributed by atoms with E-state index in [4.69, 9.17) is 16.3 Å². The monoisotopic (exact) mass is 452 g/mol. The number of amides is 2. The topological polar surface area (TPSA) is 82.6 Å². The van der Waals surface area contributed by atoms with Crippen molar-refractivity contribution in [1.29, 1.82) is 0 Å². The smallest absolute Gasteiger partial charge is 0.323 e. The molecule has 2 heterocycles. The lowest BCUT2D eigenvalue weighted by Crippen LogP contribution is -2.44. The van der Waals surface area contributed by atoms with Crippen LogP contribution in [0.25, 0.3) is 11.3 Å². The van der Waals surface area contributed by atoms with Gasteiger partial charge < -0.3 is 25.2 Å². The first-order valence-corrected chi connectivity index (χ1v) is 10.7. The Hall–Kier alpha value is -3.36. The van der Waals surface area contributed by atoms with Crippen LogP contribution in [0.5, 0.6) is 5.75 Å². The minimum atomic E-state index is -0.404. The summed E-state index contributed by atoms with van der Waals surface area (Å²) in [5, 5.41) is 14.9. The molecule has 0 aliphatic carbocycles. The van der Waals surface area contributed by atoms with Crippen molar-refractivity contribution in [2.24, 2.45) is 0 Å². The third kappa shape index (κ3) is 5.27. The van der Waals surface area contributed by atoms with Gasteiger partial charge in [-0.05, 0) is 49.5 Å². The predicted molar refractivity (Wildman–Crippen MR) is 128 cm³/mol. The molecule has 9 heteroatoms. The first kappa shape index (κ1) is 21.9. The number of ether oxygens (including phenoxy) is 1. The Morgan fingerprint density at radius 2 is 1.81 bits per heavy atom. The number of likely N-dealkylation sites (N-methyl/N-ethyl adjacent to an activating group) is 1. The Balaban J connectivity index is 1.43. The highest BCUT2D eigenvalue weighted by atomic mass is 35.5. The molecule has 3 aromatic rings. The summed E-state index contributed by atoms with van der Waals surface area (Å²) >= 11 is 6.03. The van der Waals surface area contributed by atoms with Gasteiger partial charge in [0.25, 0.3) is 0 Å². The molecule has 1 aliphatic rings. The van der Waals surface area contributed by atoms with Gasteiger partial charge in [0.15, 0.2) is 5.82 Å². The summed E-state index contributed by atoms with van der Waals surface area (Å²) in [6.45, 7) is 3.91. The number of hydrogen-bond acceptors (Lipinski definition) is 6.